The fraction of sp³-hybridized carbons (Fsp3) is 0.516. The van der Waals surface area contributed by atoms with Gasteiger partial charge in [0.1, 0.15) is 0 Å². The number of fused-ring (bicyclic) bond motifs is 1. The van der Waals surface area contributed by atoms with E-state index in [2.05, 4.69) is 73.1 Å². The van der Waals surface area contributed by atoms with Gasteiger partial charge >= 0.3 is 0 Å². The Bertz CT molecular complexity index is 1090. The summed E-state index contributed by atoms with van der Waals surface area (Å²) in [4.78, 5) is 2.45. The minimum atomic E-state index is -0.334. The van der Waals surface area contributed by atoms with Crippen LogP contribution in [0.4, 0.5) is 5.69 Å². The lowest BCUT2D eigenvalue weighted by atomic mass is 9.89. The van der Waals surface area contributed by atoms with E-state index >= 15 is 0 Å². The number of allylic oxidation sites excluding steroid dienone is 1. The van der Waals surface area contributed by atoms with Crippen LogP contribution in [0.1, 0.15) is 65.4 Å². The zero-order valence-corrected chi connectivity index (χ0v) is 22.5. The molecule has 5 heteroatoms. The van der Waals surface area contributed by atoms with Gasteiger partial charge in [-0.15, -0.1) is 0 Å². The van der Waals surface area contributed by atoms with Gasteiger partial charge in [-0.25, -0.2) is 0 Å². The average Bonchev–Trinajstić information content (AvgIpc) is 2.87. The van der Waals surface area contributed by atoms with Crippen LogP contribution in [0.5, 0.6) is 0 Å². The third-order valence-electron chi connectivity index (χ3n) is 7.04. The summed E-state index contributed by atoms with van der Waals surface area (Å²) in [6, 6.07) is 15.6. The Balaban J connectivity index is 1.77. The molecular formula is C31H43N3O2. The molecule has 1 saturated carbocycles. The molecule has 3 atom stereocenters. The van der Waals surface area contributed by atoms with E-state index in [-0.39, 0.29) is 18.2 Å². The maximum atomic E-state index is 10.2. The van der Waals surface area contributed by atoms with Crippen molar-refractivity contribution in [3.8, 4) is 6.07 Å². The molecule has 1 aliphatic carbocycles. The normalized spacial score (nSPS) is 20.6. The molecule has 5 nitrogen and oxygen atoms in total. The molecule has 2 aromatic rings. The molecule has 194 valence electrons. The van der Waals surface area contributed by atoms with Crippen molar-refractivity contribution in [2.24, 2.45) is 0 Å². The van der Waals surface area contributed by atoms with Gasteiger partial charge in [0.2, 0.25) is 0 Å². The summed E-state index contributed by atoms with van der Waals surface area (Å²) in [5.74, 6) is 0. The number of benzene rings is 2. The number of ether oxygens (including phenoxy) is 1. The summed E-state index contributed by atoms with van der Waals surface area (Å²) in [5.41, 5.74) is 5.00. The number of anilines is 1. The Kier molecular flexibility index (Phi) is 10.6. The van der Waals surface area contributed by atoms with Crippen molar-refractivity contribution in [3.63, 3.8) is 0 Å². The average molecular weight is 490 g/mol. The fourth-order valence-corrected chi connectivity index (χ4v) is 5.02. The molecule has 0 radical (unpaired) electrons. The highest BCUT2D eigenvalue weighted by molar-refractivity contribution is 5.89. The summed E-state index contributed by atoms with van der Waals surface area (Å²) in [6.07, 6.45) is 4.12. The Morgan fingerprint density at radius 3 is 2.47 bits per heavy atom. The lowest BCUT2D eigenvalue weighted by Gasteiger charge is -2.35. The topological polar surface area (TPSA) is 68.5 Å². The van der Waals surface area contributed by atoms with Gasteiger partial charge in [0.05, 0.1) is 24.9 Å². The van der Waals surface area contributed by atoms with E-state index in [0.717, 1.165) is 55.5 Å². The van der Waals surface area contributed by atoms with E-state index in [1.807, 2.05) is 13.8 Å². The molecule has 0 heterocycles. The van der Waals surface area contributed by atoms with E-state index in [1.54, 1.807) is 0 Å². The third-order valence-corrected chi connectivity index (χ3v) is 7.04. The summed E-state index contributed by atoms with van der Waals surface area (Å²) in [5, 5.41) is 26.1. The van der Waals surface area contributed by atoms with Crippen molar-refractivity contribution in [2.45, 2.75) is 78.0 Å². The minimum absolute atomic E-state index is 0.00783. The molecule has 2 aromatic carbocycles. The maximum Gasteiger partial charge on any atom is 0.0963 e. The fourth-order valence-electron chi connectivity index (χ4n) is 5.02. The van der Waals surface area contributed by atoms with Gasteiger partial charge in [0, 0.05) is 36.9 Å². The van der Waals surface area contributed by atoms with Crippen molar-refractivity contribution in [3.05, 3.63) is 59.7 Å². The van der Waals surface area contributed by atoms with E-state index in [1.165, 1.54) is 16.5 Å². The first-order chi connectivity index (χ1) is 17.4. The van der Waals surface area contributed by atoms with Crippen molar-refractivity contribution < 1.29 is 9.84 Å². The predicted molar refractivity (Wildman–Crippen MR) is 151 cm³/mol. The molecule has 1 fully saturated rings. The van der Waals surface area contributed by atoms with E-state index in [4.69, 9.17) is 4.74 Å². The largest absolute Gasteiger partial charge is 0.393 e. The molecule has 0 saturated heterocycles. The minimum Gasteiger partial charge on any atom is -0.393 e. The SMILES string of the molecule is C=C(C)COC1CCC(O)CC1NC/C(C#N)=C(\C)c1ccc2cc(N(CCC)CCC)ccc2c1. The number of hydrogen-bond donors (Lipinski definition) is 2. The number of hydrogen-bond acceptors (Lipinski definition) is 5. The number of rotatable bonds is 12. The van der Waals surface area contributed by atoms with Crippen LogP contribution in [0.15, 0.2) is 54.1 Å². The second-order valence-corrected chi connectivity index (χ2v) is 10.2. The summed E-state index contributed by atoms with van der Waals surface area (Å²) in [7, 11) is 0. The Morgan fingerprint density at radius 2 is 1.81 bits per heavy atom. The van der Waals surface area contributed by atoms with Crippen LogP contribution < -0.4 is 10.2 Å². The van der Waals surface area contributed by atoms with Crippen LogP contribution in [0.2, 0.25) is 0 Å². The smallest absolute Gasteiger partial charge is 0.0963 e. The first-order valence-corrected chi connectivity index (χ1v) is 13.4. The molecule has 3 rings (SSSR count). The molecule has 0 aromatic heterocycles. The maximum absolute atomic E-state index is 10.2. The second-order valence-electron chi connectivity index (χ2n) is 10.2. The van der Waals surface area contributed by atoms with Crippen LogP contribution in [-0.2, 0) is 4.74 Å². The lowest BCUT2D eigenvalue weighted by Crippen LogP contribution is -2.47. The van der Waals surface area contributed by atoms with Gasteiger partial charge in [-0.3, -0.25) is 0 Å². The van der Waals surface area contributed by atoms with Gasteiger partial charge in [-0.05, 0) is 86.1 Å². The molecule has 0 bridgehead atoms. The molecule has 36 heavy (non-hydrogen) atoms. The molecule has 0 spiro atoms. The molecule has 3 unspecified atom stereocenters. The molecule has 0 amide bonds. The van der Waals surface area contributed by atoms with E-state index in [0.29, 0.717) is 25.1 Å². The number of aliphatic hydroxyl groups is 1. The zero-order valence-electron chi connectivity index (χ0n) is 22.5. The summed E-state index contributed by atoms with van der Waals surface area (Å²) in [6.45, 7) is 15.4. The van der Waals surface area contributed by atoms with Crippen LogP contribution >= 0.6 is 0 Å². The highest BCUT2D eigenvalue weighted by Crippen LogP contribution is 2.28. The summed E-state index contributed by atoms with van der Waals surface area (Å²) < 4.78 is 6.05. The Hall–Kier alpha value is -2.65. The first-order valence-electron chi connectivity index (χ1n) is 13.4. The molecule has 1 aliphatic rings. The second kappa shape index (κ2) is 13.6. The van der Waals surface area contributed by atoms with Crippen molar-refractivity contribution >= 4 is 22.0 Å². The number of aliphatic hydroxyl groups excluding tert-OH is 1. The zero-order chi connectivity index (χ0) is 26.1. The van der Waals surface area contributed by atoms with Gasteiger partial charge < -0.3 is 20.1 Å². The van der Waals surface area contributed by atoms with Crippen LogP contribution in [-0.4, -0.2) is 49.6 Å². The quantitative estimate of drug-likeness (QED) is 0.273. The standard InChI is InChI=1S/C31H43N3O2/c1-6-14-34(15-7-2)28-11-10-25-16-24(8-9-26(25)17-28)23(5)27(19-32)20-33-30-18-29(35)12-13-31(30)36-21-22(3)4/h8-11,16-17,29-31,33,35H,3,6-7,12-15,18,20-21H2,1-2,4-5H3/b27-23+. The van der Waals surface area contributed by atoms with Gasteiger partial charge in [-0.2, -0.15) is 5.26 Å². The molecular weight excluding hydrogens is 446 g/mol. The highest BCUT2D eigenvalue weighted by atomic mass is 16.5. The van der Waals surface area contributed by atoms with Crippen LogP contribution in [0.3, 0.4) is 0 Å². The number of nitrogens with zero attached hydrogens (tertiary/aromatic N) is 2. The van der Waals surface area contributed by atoms with Gasteiger partial charge in [-0.1, -0.05) is 44.2 Å². The third kappa shape index (κ3) is 7.43. The van der Waals surface area contributed by atoms with Crippen molar-refractivity contribution in [2.75, 3.05) is 31.1 Å². The van der Waals surface area contributed by atoms with E-state index < -0.39 is 0 Å². The monoisotopic (exact) mass is 489 g/mol. The van der Waals surface area contributed by atoms with Crippen LogP contribution in [0.25, 0.3) is 16.3 Å². The lowest BCUT2D eigenvalue weighted by molar-refractivity contribution is -0.0168. The van der Waals surface area contributed by atoms with E-state index in [9.17, 15) is 10.4 Å². The van der Waals surface area contributed by atoms with Crippen LogP contribution in [0, 0.1) is 11.3 Å². The number of nitrogens with one attached hydrogen (secondary N) is 1. The Labute approximate surface area is 217 Å². The molecule has 2 N–H and O–H groups in total. The Morgan fingerprint density at radius 1 is 1.11 bits per heavy atom. The predicted octanol–water partition coefficient (Wildman–Crippen LogP) is 6.23. The van der Waals surface area contributed by atoms with Gasteiger partial charge in [0.15, 0.2) is 0 Å². The van der Waals surface area contributed by atoms with Crippen molar-refractivity contribution in [1.29, 1.82) is 5.26 Å². The molecule has 0 aliphatic heterocycles. The number of nitriles is 1. The van der Waals surface area contributed by atoms with Crippen molar-refractivity contribution in [1.82, 2.24) is 5.32 Å². The highest BCUT2D eigenvalue weighted by Gasteiger charge is 2.30. The first kappa shape index (κ1) is 27.9. The van der Waals surface area contributed by atoms with Gasteiger partial charge in [0.25, 0.3) is 0 Å². The summed E-state index contributed by atoms with van der Waals surface area (Å²) >= 11 is 0.